The highest BCUT2D eigenvalue weighted by Crippen LogP contribution is 2.25. The molecule has 1 aromatic carbocycles. The smallest absolute Gasteiger partial charge is 0.229 e. The molecule has 1 aromatic heterocycles. The molecule has 0 amide bonds. The van der Waals surface area contributed by atoms with Crippen molar-refractivity contribution in [2.45, 2.75) is 47.0 Å². The summed E-state index contributed by atoms with van der Waals surface area (Å²) < 4.78 is 0. The van der Waals surface area contributed by atoms with Crippen LogP contribution >= 0.6 is 0 Å². The van der Waals surface area contributed by atoms with Gasteiger partial charge in [0.15, 0.2) is 0 Å². The van der Waals surface area contributed by atoms with Crippen LogP contribution in [0.2, 0.25) is 0 Å². The van der Waals surface area contributed by atoms with E-state index >= 15 is 0 Å². The molecule has 0 aliphatic heterocycles. The highest BCUT2D eigenvalue weighted by Gasteiger charge is 2.08. The molecule has 0 unspecified atom stereocenters. The number of rotatable bonds is 8. The lowest BCUT2D eigenvalue weighted by Gasteiger charge is -2.15. The summed E-state index contributed by atoms with van der Waals surface area (Å²) in [4.78, 5) is 8.95. The van der Waals surface area contributed by atoms with Crippen LogP contribution in [-0.4, -0.2) is 16.5 Å². The lowest BCUT2D eigenvalue weighted by Crippen LogP contribution is -2.08. The maximum atomic E-state index is 4.58. The summed E-state index contributed by atoms with van der Waals surface area (Å²) in [5.41, 5.74) is 3.74. The van der Waals surface area contributed by atoms with Crippen molar-refractivity contribution in [2.75, 3.05) is 17.2 Å². The molecule has 0 saturated carbocycles. The van der Waals surface area contributed by atoms with Crippen LogP contribution in [-0.2, 0) is 12.8 Å². The molecule has 2 N–H and O–H groups in total. The Morgan fingerprint density at radius 3 is 2.35 bits per heavy atom. The molecule has 0 bridgehead atoms. The highest BCUT2D eigenvalue weighted by molar-refractivity contribution is 5.64. The first-order valence-corrected chi connectivity index (χ1v) is 8.58. The van der Waals surface area contributed by atoms with E-state index in [1.54, 1.807) is 6.20 Å². The van der Waals surface area contributed by atoms with Gasteiger partial charge in [-0.3, -0.25) is 0 Å². The molecular formula is C19H28N4. The highest BCUT2D eigenvalue weighted by atomic mass is 15.1. The average molecular weight is 312 g/mol. The number of para-hydroxylation sites is 1. The molecule has 0 aliphatic rings. The van der Waals surface area contributed by atoms with Gasteiger partial charge in [0.1, 0.15) is 5.82 Å². The van der Waals surface area contributed by atoms with Crippen LogP contribution in [0, 0.1) is 5.92 Å². The zero-order valence-electron chi connectivity index (χ0n) is 14.7. The van der Waals surface area contributed by atoms with Crippen LogP contribution in [0.4, 0.5) is 17.5 Å². The molecule has 0 radical (unpaired) electrons. The topological polar surface area (TPSA) is 49.8 Å². The number of benzene rings is 1. The quantitative estimate of drug-likeness (QED) is 0.735. The van der Waals surface area contributed by atoms with Gasteiger partial charge in [-0.2, -0.15) is 4.98 Å². The molecule has 124 valence electrons. The van der Waals surface area contributed by atoms with Gasteiger partial charge in [-0.25, -0.2) is 4.98 Å². The van der Waals surface area contributed by atoms with E-state index in [1.807, 2.05) is 6.07 Å². The predicted molar refractivity (Wildman–Crippen MR) is 98.5 cm³/mol. The van der Waals surface area contributed by atoms with Crippen molar-refractivity contribution in [2.24, 2.45) is 5.92 Å². The fourth-order valence-corrected chi connectivity index (χ4v) is 2.52. The van der Waals surface area contributed by atoms with E-state index in [9.17, 15) is 0 Å². The molecule has 4 heteroatoms. The van der Waals surface area contributed by atoms with Gasteiger partial charge in [0.25, 0.3) is 0 Å². The van der Waals surface area contributed by atoms with Crippen LogP contribution in [0.15, 0.2) is 30.5 Å². The van der Waals surface area contributed by atoms with E-state index in [1.165, 1.54) is 11.1 Å². The van der Waals surface area contributed by atoms with Gasteiger partial charge in [0.2, 0.25) is 5.95 Å². The Hall–Kier alpha value is -2.10. The summed E-state index contributed by atoms with van der Waals surface area (Å²) in [6.45, 7) is 9.72. The SMILES string of the molecule is CCc1cccc(CC)c1Nc1nccc(NCCC(C)C)n1. The van der Waals surface area contributed by atoms with Crippen LogP contribution in [0.1, 0.15) is 45.2 Å². The zero-order valence-corrected chi connectivity index (χ0v) is 14.7. The van der Waals surface area contributed by atoms with Crippen LogP contribution in [0.25, 0.3) is 0 Å². The molecule has 2 aromatic rings. The van der Waals surface area contributed by atoms with E-state index in [4.69, 9.17) is 0 Å². The molecule has 0 atom stereocenters. The van der Waals surface area contributed by atoms with Crippen molar-refractivity contribution >= 4 is 17.5 Å². The monoisotopic (exact) mass is 312 g/mol. The summed E-state index contributed by atoms with van der Waals surface area (Å²) in [6.07, 6.45) is 4.91. The Kier molecular flexibility index (Phi) is 6.39. The largest absolute Gasteiger partial charge is 0.370 e. The van der Waals surface area contributed by atoms with Crippen LogP contribution in [0.3, 0.4) is 0 Å². The minimum Gasteiger partial charge on any atom is -0.370 e. The van der Waals surface area contributed by atoms with Gasteiger partial charge >= 0.3 is 0 Å². The van der Waals surface area contributed by atoms with E-state index in [0.717, 1.165) is 37.3 Å². The molecular weight excluding hydrogens is 284 g/mol. The van der Waals surface area contributed by atoms with Gasteiger partial charge in [-0.1, -0.05) is 45.9 Å². The maximum Gasteiger partial charge on any atom is 0.229 e. The van der Waals surface area contributed by atoms with Gasteiger partial charge in [0, 0.05) is 18.4 Å². The summed E-state index contributed by atoms with van der Waals surface area (Å²) in [5, 5.41) is 6.79. The van der Waals surface area contributed by atoms with Crippen LogP contribution < -0.4 is 10.6 Å². The van der Waals surface area contributed by atoms with Crippen molar-refractivity contribution < 1.29 is 0 Å². The molecule has 1 heterocycles. The van der Waals surface area contributed by atoms with E-state index < -0.39 is 0 Å². The molecule has 2 rings (SSSR count). The summed E-state index contributed by atoms with van der Waals surface area (Å²) >= 11 is 0. The maximum absolute atomic E-state index is 4.58. The molecule has 23 heavy (non-hydrogen) atoms. The Balaban J connectivity index is 2.14. The lowest BCUT2D eigenvalue weighted by atomic mass is 10.0. The molecule has 4 nitrogen and oxygen atoms in total. The number of nitrogens with one attached hydrogen (secondary N) is 2. The van der Waals surface area contributed by atoms with Crippen molar-refractivity contribution in [3.63, 3.8) is 0 Å². The Morgan fingerprint density at radius 2 is 1.74 bits per heavy atom. The molecule has 0 fully saturated rings. The predicted octanol–water partition coefficient (Wildman–Crippen LogP) is 4.80. The molecule has 0 spiro atoms. The first-order chi connectivity index (χ1) is 11.1. The molecule has 0 saturated heterocycles. The third-order valence-electron chi connectivity index (χ3n) is 3.92. The first kappa shape index (κ1) is 17.3. The van der Waals surface area contributed by atoms with Crippen molar-refractivity contribution in [1.29, 1.82) is 0 Å². The minimum absolute atomic E-state index is 0.648. The summed E-state index contributed by atoms with van der Waals surface area (Å²) in [5.74, 6) is 2.20. The standard InChI is InChI=1S/C19H28N4/c1-5-15-8-7-9-16(6-2)18(15)23-19-21-13-11-17(22-19)20-12-10-14(3)4/h7-9,11,13-14H,5-6,10,12H2,1-4H3,(H2,20,21,22,23). The first-order valence-electron chi connectivity index (χ1n) is 8.58. The normalized spacial score (nSPS) is 10.8. The van der Waals surface area contributed by atoms with E-state index in [0.29, 0.717) is 11.9 Å². The lowest BCUT2D eigenvalue weighted by molar-refractivity contribution is 0.606. The Labute approximate surface area is 139 Å². The Bertz CT molecular complexity index is 600. The molecule has 0 aliphatic carbocycles. The van der Waals surface area contributed by atoms with Gasteiger partial charge in [-0.15, -0.1) is 0 Å². The van der Waals surface area contributed by atoms with Crippen LogP contribution in [0.5, 0.6) is 0 Å². The van der Waals surface area contributed by atoms with E-state index in [-0.39, 0.29) is 0 Å². The van der Waals surface area contributed by atoms with Crippen molar-refractivity contribution in [3.05, 3.63) is 41.6 Å². The number of aryl methyl sites for hydroxylation is 2. The number of hydrogen-bond donors (Lipinski definition) is 2. The van der Waals surface area contributed by atoms with Crippen molar-refractivity contribution in [3.8, 4) is 0 Å². The summed E-state index contributed by atoms with van der Waals surface area (Å²) in [7, 11) is 0. The second kappa shape index (κ2) is 8.51. The number of anilines is 3. The zero-order chi connectivity index (χ0) is 16.7. The van der Waals surface area contributed by atoms with Crippen molar-refractivity contribution in [1.82, 2.24) is 9.97 Å². The Morgan fingerprint density at radius 1 is 1.04 bits per heavy atom. The third kappa shape index (κ3) is 4.95. The van der Waals surface area contributed by atoms with Gasteiger partial charge in [0.05, 0.1) is 0 Å². The fourth-order valence-electron chi connectivity index (χ4n) is 2.52. The number of nitrogens with zero attached hydrogens (tertiary/aromatic N) is 2. The van der Waals surface area contributed by atoms with Gasteiger partial charge < -0.3 is 10.6 Å². The fraction of sp³-hybridized carbons (Fsp3) is 0.474. The third-order valence-corrected chi connectivity index (χ3v) is 3.92. The second-order valence-corrected chi connectivity index (χ2v) is 6.16. The number of hydrogen-bond acceptors (Lipinski definition) is 4. The average Bonchev–Trinajstić information content (AvgIpc) is 2.55. The minimum atomic E-state index is 0.648. The summed E-state index contributed by atoms with van der Waals surface area (Å²) in [6, 6.07) is 8.35. The van der Waals surface area contributed by atoms with E-state index in [2.05, 4.69) is 66.5 Å². The second-order valence-electron chi connectivity index (χ2n) is 6.16. The number of aromatic nitrogens is 2. The van der Waals surface area contributed by atoms with Gasteiger partial charge in [-0.05, 0) is 42.4 Å².